The number of halogens is 1. The van der Waals surface area contributed by atoms with Crippen LogP contribution in [0.5, 0.6) is 11.5 Å². The van der Waals surface area contributed by atoms with Gasteiger partial charge in [0, 0.05) is 76.7 Å². The molecular weight excluding hydrogens is 1120 g/mol. The van der Waals surface area contributed by atoms with E-state index < -0.39 is 11.2 Å². The number of pyridine rings is 4. The first-order chi connectivity index (χ1) is 40.2. The molecule has 0 aliphatic carbocycles. The molecular formula is C66H76BrN13O4. The lowest BCUT2D eigenvalue weighted by molar-refractivity contribution is -0.0266. The topological polar surface area (TPSA) is 159 Å². The molecule has 13 rings (SSSR count). The average molecular weight is 1200 g/mol. The minimum absolute atomic E-state index is 0.248. The number of piperidine rings is 2. The van der Waals surface area contributed by atoms with E-state index in [0.717, 1.165) is 126 Å². The molecule has 3 fully saturated rings. The fourth-order valence-corrected chi connectivity index (χ4v) is 11.4. The van der Waals surface area contributed by atoms with Crippen molar-refractivity contribution in [1.82, 2.24) is 58.9 Å². The molecule has 3 aliphatic rings. The smallest absolute Gasteiger partial charge is 0.169 e. The molecule has 10 aromatic rings. The third-order valence-corrected chi connectivity index (χ3v) is 16.5. The molecule has 2 aromatic carbocycles. The third kappa shape index (κ3) is 13.4. The van der Waals surface area contributed by atoms with E-state index in [1.807, 2.05) is 144 Å². The Bertz CT molecular complexity index is 3890. The molecule has 0 unspecified atom stereocenters. The number of aromatic nitrogens is 10. The second-order valence-electron chi connectivity index (χ2n) is 24.5. The predicted octanol–water partition coefficient (Wildman–Crippen LogP) is 13.9. The van der Waals surface area contributed by atoms with Crippen molar-refractivity contribution in [3.05, 3.63) is 150 Å². The summed E-state index contributed by atoms with van der Waals surface area (Å²) in [6.45, 7) is 27.2. The van der Waals surface area contributed by atoms with E-state index in [2.05, 4.69) is 107 Å². The monoisotopic (exact) mass is 1190 g/mol. The second-order valence-corrected chi connectivity index (χ2v) is 25.4. The summed E-state index contributed by atoms with van der Waals surface area (Å²) in [6.07, 6.45) is 22.6. The molecule has 0 radical (unpaired) electrons. The molecule has 436 valence electrons. The van der Waals surface area contributed by atoms with Gasteiger partial charge >= 0.3 is 0 Å². The summed E-state index contributed by atoms with van der Waals surface area (Å²) < 4.78 is 17.0. The highest BCUT2D eigenvalue weighted by Crippen LogP contribution is 2.42. The molecule has 0 saturated carbocycles. The summed E-state index contributed by atoms with van der Waals surface area (Å²) in [5, 5.41) is 12.5. The molecule has 3 saturated heterocycles. The average Bonchev–Trinajstić information content (AvgIpc) is 3.77. The number of hydrogen-bond acceptors (Lipinski definition) is 15. The van der Waals surface area contributed by atoms with Gasteiger partial charge in [0.05, 0.1) is 51.7 Å². The number of fused-ring (bicyclic) bond motifs is 4. The molecule has 0 N–H and O–H groups in total. The highest BCUT2D eigenvalue weighted by Gasteiger charge is 2.50. The van der Waals surface area contributed by atoms with Gasteiger partial charge in [-0.1, -0.05) is 37.1 Å². The number of hydrogen-bond donors (Lipinski definition) is 0. The Kier molecular flexibility index (Phi) is 16.8. The van der Waals surface area contributed by atoms with E-state index in [-0.39, 0.29) is 11.2 Å². The zero-order valence-electron chi connectivity index (χ0n) is 50.0. The molecule has 0 spiro atoms. The van der Waals surface area contributed by atoms with Crippen molar-refractivity contribution < 1.29 is 19.1 Å². The van der Waals surface area contributed by atoms with Crippen molar-refractivity contribution >= 4 is 54.7 Å². The number of ether oxygens (including phenoxy) is 2. The van der Waals surface area contributed by atoms with E-state index in [1.54, 1.807) is 23.1 Å². The number of likely N-dealkylation sites (tertiary alicyclic amines) is 2. The van der Waals surface area contributed by atoms with Crippen molar-refractivity contribution in [3.63, 3.8) is 0 Å². The zero-order valence-corrected chi connectivity index (χ0v) is 51.6. The summed E-state index contributed by atoms with van der Waals surface area (Å²) in [5.74, 6) is 1.57. The maximum absolute atomic E-state index is 6.32. The fraction of sp³-hybridized carbons (Fsp3) is 0.394. The van der Waals surface area contributed by atoms with Gasteiger partial charge in [-0.15, -0.1) is 5.23 Å². The van der Waals surface area contributed by atoms with Crippen LogP contribution in [0.4, 0.5) is 5.69 Å². The lowest BCUT2D eigenvalue weighted by Gasteiger charge is -2.35. The standard InChI is InChI=1S/C30H32N6O.C20H24BrN5O.C16H20N2O2/c1-21-10-12-25-24(8-7-9-28(25)34-21)26-18-33-36-19-22(16-32-29(26)36)27-13-11-23(17-31-27)37-30(2,3)20-35-14-5-4-6-15-35;1-20(2,14-25-8-4-3-5-9-25)27-16-6-7-18(22-11-16)15-10-23-19-17(21)12-24-26(19)13-15;1-11-9-10-12-13(17-11)7-6-8-14(12)18-19-15(2,3)16(4,5)20-18/h7-13,16-19H,4-6,14-15,20H2,1-3H3;6-7,10-13H,3-5,8-9,14H2,1-2H3;6-10H,1-5H3. The van der Waals surface area contributed by atoms with Gasteiger partial charge in [0.2, 0.25) is 0 Å². The van der Waals surface area contributed by atoms with Crippen molar-refractivity contribution in [3.8, 4) is 45.1 Å². The highest BCUT2D eigenvalue weighted by molar-refractivity contribution is 9.10. The Morgan fingerprint density at radius 3 is 1.54 bits per heavy atom. The van der Waals surface area contributed by atoms with Gasteiger partial charge in [-0.25, -0.2) is 28.7 Å². The Balaban J connectivity index is 0.000000138. The number of nitrogens with zero attached hydrogens (tertiary/aromatic N) is 13. The van der Waals surface area contributed by atoms with E-state index in [9.17, 15) is 0 Å². The Morgan fingerprint density at radius 2 is 1.00 bits per heavy atom. The Labute approximate surface area is 500 Å². The fourth-order valence-electron chi connectivity index (χ4n) is 11.1. The largest absolute Gasteiger partial charge is 0.485 e. The first kappa shape index (κ1) is 58.3. The quantitative estimate of drug-likeness (QED) is 0.114. The van der Waals surface area contributed by atoms with Gasteiger partial charge in [0.25, 0.3) is 0 Å². The third-order valence-electron chi connectivity index (χ3n) is 15.9. The molecule has 0 amide bonds. The van der Waals surface area contributed by atoms with Crippen molar-refractivity contribution in [2.45, 2.75) is 130 Å². The number of benzene rings is 2. The van der Waals surface area contributed by atoms with E-state index in [4.69, 9.17) is 24.1 Å². The summed E-state index contributed by atoms with van der Waals surface area (Å²) in [6, 6.07) is 28.2. The van der Waals surface area contributed by atoms with Crippen LogP contribution in [0.3, 0.4) is 0 Å². The molecule has 84 heavy (non-hydrogen) atoms. The maximum Gasteiger partial charge on any atom is 0.169 e. The van der Waals surface area contributed by atoms with Crippen molar-refractivity contribution in [2.24, 2.45) is 0 Å². The molecule has 11 heterocycles. The number of anilines is 1. The number of aryl methyl sites for hydroxylation is 2. The Hall–Kier alpha value is -7.48. The van der Waals surface area contributed by atoms with Gasteiger partial charge in [0.1, 0.15) is 39.6 Å². The van der Waals surface area contributed by atoms with Crippen LogP contribution in [-0.2, 0) is 9.68 Å². The van der Waals surface area contributed by atoms with Gasteiger partial charge in [-0.05, 0) is 203 Å². The van der Waals surface area contributed by atoms with Crippen LogP contribution < -0.4 is 14.7 Å². The maximum atomic E-state index is 6.32. The van der Waals surface area contributed by atoms with E-state index >= 15 is 0 Å². The van der Waals surface area contributed by atoms with Gasteiger partial charge in [0.15, 0.2) is 11.3 Å². The minimum atomic E-state index is -0.396. The normalized spacial score (nSPS) is 16.6. The lowest BCUT2D eigenvalue weighted by Crippen LogP contribution is -2.44. The molecule has 3 aliphatic heterocycles. The van der Waals surface area contributed by atoms with Crippen LogP contribution in [-0.4, -0.2) is 121 Å². The summed E-state index contributed by atoms with van der Waals surface area (Å²) >= 11 is 3.44. The minimum Gasteiger partial charge on any atom is -0.485 e. The molecule has 18 heteroatoms. The van der Waals surface area contributed by atoms with Crippen LogP contribution in [0.2, 0.25) is 0 Å². The molecule has 8 aromatic heterocycles. The van der Waals surface area contributed by atoms with Gasteiger partial charge in [-0.3, -0.25) is 29.7 Å². The van der Waals surface area contributed by atoms with Crippen molar-refractivity contribution in [2.75, 3.05) is 44.5 Å². The van der Waals surface area contributed by atoms with Gasteiger partial charge in [-0.2, -0.15) is 10.2 Å². The lowest BCUT2D eigenvalue weighted by atomic mass is 9.90. The van der Waals surface area contributed by atoms with E-state index in [0.29, 0.717) is 0 Å². The first-order valence-corrected chi connectivity index (χ1v) is 30.0. The second kappa shape index (κ2) is 24.2. The van der Waals surface area contributed by atoms with Crippen LogP contribution in [0.25, 0.3) is 66.7 Å². The van der Waals surface area contributed by atoms with Gasteiger partial charge < -0.3 is 9.47 Å². The zero-order chi connectivity index (χ0) is 58.8. The number of rotatable bonds is 12. The van der Waals surface area contributed by atoms with Crippen molar-refractivity contribution in [1.29, 1.82) is 0 Å². The van der Waals surface area contributed by atoms with E-state index in [1.165, 1.54) is 56.8 Å². The molecule has 17 nitrogen and oxygen atoms in total. The van der Waals surface area contributed by atoms with Crippen LogP contribution in [0.1, 0.15) is 105 Å². The SMILES string of the molecule is CC(C)(CN1CCCCC1)Oc1ccc(-c2cnc3c(Br)cnn3c2)nc1.Cc1ccc2c(-c3cnn4cc(-c5ccc(OC(C)(C)CN6CCCCC6)cn5)cnc34)cccc2n1.Cc1ccc2c(N3OC(C)(C)C(C)(C)O3)cccc2n1. The summed E-state index contributed by atoms with van der Waals surface area (Å²) in [5.41, 5.74) is 10.6. The first-order valence-electron chi connectivity index (χ1n) is 29.2. The van der Waals surface area contributed by atoms with Crippen LogP contribution in [0, 0.1) is 13.8 Å². The summed E-state index contributed by atoms with van der Waals surface area (Å²) in [7, 11) is 0. The van der Waals surface area contributed by atoms with Crippen LogP contribution in [0.15, 0.2) is 139 Å². The molecule has 0 atom stereocenters. The van der Waals surface area contributed by atoms with Crippen LogP contribution >= 0.6 is 15.9 Å². The molecule has 0 bridgehead atoms. The highest BCUT2D eigenvalue weighted by atomic mass is 79.9. The predicted molar refractivity (Wildman–Crippen MR) is 335 cm³/mol. The summed E-state index contributed by atoms with van der Waals surface area (Å²) in [4.78, 5) is 44.6. The Morgan fingerprint density at radius 1 is 0.512 bits per heavy atom.